The molecule has 4 heteroatoms. The highest BCUT2D eigenvalue weighted by atomic mass is 16.5. The number of carbonyl (C=O) groups is 1. The van der Waals surface area contributed by atoms with E-state index in [0.29, 0.717) is 11.5 Å². The van der Waals surface area contributed by atoms with Crippen LogP contribution in [0.15, 0.2) is 48.5 Å². The topological polar surface area (TPSA) is 59.3 Å². The van der Waals surface area contributed by atoms with Crippen molar-refractivity contribution in [2.45, 2.75) is 18.9 Å². The van der Waals surface area contributed by atoms with Crippen LogP contribution in [0.2, 0.25) is 0 Å². The number of carbonyl (C=O) groups excluding carboxylic acids is 1. The number of nitriles is 1. The average molecular weight is 279 g/mol. The molecule has 2 aromatic carbocycles. The molecule has 0 unspecified atom stereocenters. The lowest BCUT2D eigenvalue weighted by Crippen LogP contribution is -2.24. The van der Waals surface area contributed by atoms with E-state index in [1.54, 1.807) is 6.92 Å². The van der Waals surface area contributed by atoms with E-state index < -0.39 is 18.0 Å². The third-order valence-electron chi connectivity index (χ3n) is 3.39. The van der Waals surface area contributed by atoms with Gasteiger partial charge in [0.1, 0.15) is 23.5 Å². The van der Waals surface area contributed by atoms with Crippen LogP contribution in [-0.2, 0) is 9.53 Å². The molecule has 4 nitrogen and oxygen atoms in total. The van der Waals surface area contributed by atoms with E-state index in [1.165, 1.54) is 0 Å². The third-order valence-corrected chi connectivity index (χ3v) is 3.39. The molecule has 0 amide bonds. The predicted molar refractivity (Wildman–Crippen MR) is 76.0 cm³/mol. The Hall–Kier alpha value is -2.80. The summed E-state index contributed by atoms with van der Waals surface area (Å²) in [5.74, 6) is 0.278. The van der Waals surface area contributed by atoms with Crippen LogP contribution in [-0.4, -0.2) is 12.1 Å². The summed E-state index contributed by atoms with van der Waals surface area (Å²) in [4.78, 5) is 12.5. The maximum atomic E-state index is 12.5. The summed E-state index contributed by atoms with van der Waals surface area (Å²) in [6.45, 7) is 1.55. The summed E-state index contributed by atoms with van der Waals surface area (Å²) in [6, 6.07) is 16.6. The van der Waals surface area contributed by atoms with Gasteiger partial charge >= 0.3 is 5.97 Å². The summed E-state index contributed by atoms with van der Waals surface area (Å²) < 4.78 is 11.0. The maximum absolute atomic E-state index is 12.5. The quantitative estimate of drug-likeness (QED) is 0.791. The Morgan fingerprint density at radius 1 is 1.14 bits per heavy atom. The SMILES string of the molecule is C[C@@H](C#N)OC(=O)C1c2ccccc2Oc2ccccc21. The van der Waals surface area contributed by atoms with Crippen molar-refractivity contribution in [1.29, 1.82) is 5.26 Å². The second kappa shape index (κ2) is 5.29. The minimum absolute atomic E-state index is 0.438. The van der Waals surface area contributed by atoms with Gasteiger partial charge in [0.25, 0.3) is 0 Å². The van der Waals surface area contributed by atoms with Gasteiger partial charge in [-0.2, -0.15) is 5.26 Å². The molecule has 1 aliphatic rings. The van der Waals surface area contributed by atoms with Crippen molar-refractivity contribution in [1.82, 2.24) is 0 Å². The Morgan fingerprint density at radius 3 is 2.19 bits per heavy atom. The van der Waals surface area contributed by atoms with Crippen molar-refractivity contribution in [3.05, 3.63) is 59.7 Å². The van der Waals surface area contributed by atoms with Gasteiger partial charge in [-0.15, -0.1) is 0 Å². The van der Waals surface area contributed by atoms with Crippen molar-refractivity contribution < 1.29 is 14.3 Å². The molecule has 21 heavy (non-hydrogen) atoms. The van der Waals surface area contributed by atoms with Crippen LogP contribution in [0.3, 0.4) is 0 Å². The number of fused-ring (bicyclic) bond motifs is 2. The maximum Gasteiger partial charge on any atom is 0.319 e. The number of esters is 1. The van der Waals surface area contributed by atoms with Crippen LogP contribution in [0.4, 0.5) is 0 Å². The summed E-state index contributed by atoms with van der Waals surface area (Å²) in [5, 5.41) is 8.82. The van der Waals surface area contributed by atoms with Crippen molar-refractivity contribution in [3.8, 4) is 17.6 Å². The molecular weight excluding hydrogens is 266 g/mol. The highest BCUT2D eigenvalue weighted by molar-refractivity contribution is 5.85. The molecule has 0 spiro atoms. The molecular formula is C17H13NO3. The molecule has 0 bridgehead atoms. The van der Waals surface area contributed by atoms with E-state index in [2.05, 4.69) is 0 Å². The molecule has 1 heterocycles. The first kappa shape index (κ1) is 13.2. The van der Waals surface area contributed by atoms with E-state index in [9.17, 15) is 4.79 Å². The fraction of sp³-hybridized carbons (Fsp3) is 0.176. The van der Waals surface area contributed by atoms with Gasteiger partial charge in [-0.05, 0) is 19.1 Å². The number of para-hydroxylation sites is 2. The van der Waals surface area contributed by atoms with Gasteiger partial charge in [0.05, 0.1) is 0 Å². The van der Waals surface area contributed by atoms with Crippen molar-refractivity contribution in [2.75, 3.05) is 0 Å². The molecule has 0 radical (unpaired) electrons. The molecule has 104 valence electrons. The number of benzene rings is 2. The molecule has 0 N–H and O–H groups in total. The fourth-order valence-corrected chi connectivity index (χ4v) is 2.43. The monoisotopic (exact) mass is 279 g/mol. The van der Waals surface area contributed by atoms with E-state index >= 15 is 0 Å². The van der Waals surface area contributed by atoms with Gasteiger partial charge in [-0.3, -0.25) is 4.79 Å². The second-order valence-corrected chi connectivity index (χ2v) is 4.82. The van der Waals surface area contributed by atoms with E-state index in [4.69, 9.17) is 14.7 Å². The number of hydrogen-bond donors (Lipinski definition) is 0. The molecule has 0 aliphatic carbocycles. The predicted octanol–water partition coefficient (Wildman–Crippen LogP) is 3.38. The minimum atomic E-state index is -0.778. The van der Waals surface area contributed by atoms with E-state index in [1.807, 2.05) is 54.6 Å². The molecule has 1 aliphatic heterocycles. The molecule has 2 aromatic rings. The zero-order valence-electron chi connectivity index (χ0n) is 11.4. The van der Waals surface area contributed by atoms with Gasteiger partial charge in [-0.1, -0.05) is 36.4 Å². The normalized spacial score (nSPS) is 14.1. The summed E-state index contributed by atoms with van der Waals surface area (Å²) in [7, 11) is 0. The van der Waals surface area contributed by atoms with Gasteiger partial charge in [0, 0.05) is 11.1 Å². The summed E-state index contributed by atoms with van der Waals surface area (Å²) >= 11 is 0. The Bertz CT molecular complexity index is 687. The number of hydrogen-bond acceptors (Lipinski definition) is 4. The first-order valence-corrected chi connectivity index (χ1v) is 6.66. The van der Waals surface area contributed by atoms with Crippen molar-refractivity contribution in [3.63, 3.8) is 0 Å². The lowest BCUT2D eigenvalue weighted by Gasteiger charge is -2.27. The number of rotatable bonds is 2. The second-order valence-electron chi connectivity index (χ2n) is 4.82. The lowest BCUT2D eigenvalue weighted by atomic mass is 9.88. The van der Waals surface area contributed by atoms with E-state index in [-0.39, 0.29) is 0 Å². The highest BCUT2D eigenvalue weighted by Gasteiger charge is 2.34. The fourth-order valence-electron chi connectivity index (χ4n) is 2.43. The molecule has 3 rings (SSSR count). The first-order chi connectivity index (χ1) is 10.2. The molecule has 0 saturated heterocycles. The molecule has 1 atom stereocenters. The van der Waals surface area contributed by atoms with Crippen LogP contribution >= 0.6 is 0 Å². The van der Waals surface area contributed by atoms with Gasteiger partial charge in [0.15, 0.2) is 6.10 Å². The van der Waals surface area contributed by atoms with Crippen molar-refractivity contribution >= 4 is 5.97 Å². The minimum Gasteiger partial charge on any atom is -0.457 e. The van der Waals surface area contributed by atoms with E-state index in [0.717, 1.165) is 11.1 Å². The number of ether oxygens (including phenoxy) is 2. The largest absolute Gasteiger partial charge is 0.457 e. The van der Waals surface area contributed by atoms with Crippen LogP contribution in [0.1, 0.15) is 24.0 Å². The Balaban J connectivity index is 2.07. The number of nitrogens with zero attached hydrogens (tertiary/aromatic N) is 1. The lowest BCUT2D eigenvalue weighted by molar-refractivity contribution is -0.146. The third kappa shape index (κ3) is 2.34. The Labute approximate surface area is 122 Å². The molecule has 0 saturated carbocycles. The van der Waals surface area contributed by atoms with Crippen LogP contribution in [0, 0.1) is 11.3 Å². The smallest absolute Gasteiger partial charge is 0.319 e. The molecule has 0 fully saturated rings. The Kier molecular flexibility index (Phi) is 3.33. The summed E-state index contributed by atoms with van der Waals surface area (Å²) in [5.41, 5.74) is 1.51. The Morgan fingerprint density at radius 2 is 1.67 bits per heavy atom. The average Bonchev–Trinajstić information content (AvgIpc) is 2.52. The summed E-state index contributed by atoms with van der Waals surface area (Å²) in [6.07, 6.45) is -0.778. The van der Waals surface area contributed by atoms with Crippen LogP contribution in [0.25, 0.3) is 0 Å². The first-order valence-electron chi connectivity index (χ1n) is 6.66. The zero-order valence-corrected chi connectivity index (χ0v) is 11.4. The van der Waals surface area contributed by atoms with Gasteiger partial charge in [0.2, 0.25) is 0 Å². The van der Waals surface area contributed by atoms with Crippen LogP contribution in [0.5, 0.6) is 11.5 Å². The molecule has 0 aromatic heterocycles. The van der Waals surface area contributed by atoms with Gasteiger partial charge in [-0.25, -0.2) is 0 Å². The van der Waals surface area contributed by atoms with Crippen LogP contribution < -0.4 is 4.74 Å². The van der Waals surface area contributed by atoms with Gasteiger partial charge < -0.3 is 9.47 Å². The standard InChI is InChI=1S/C17H13NO3/c1-11(10-18)20-17(19)16-12-6-2-4-8-14(12)21-15-9-5-3-7-13(15)16/h2-9,11,16H,1H3/t11-/m0/s1. The van der Waals surface area contributed by atoms with Crippen molar-refractivity contribution in [2.24, 2.45) is 0 Å². The highest BCUT2D eigenvalue weighted by Crippen LogP contribution is 2.44. The zero-order chi connectivity index (χ0) is 14.8.